The van der Waals surface area contributed by atoms with Crippen LogP contribution in [-0.2, 0) is 16.1 Å². The molecule has 0 aliphatic rings. The van der Waals surface area contributed by atoms with Gasteiger partial charge in [0.2, 0.25) is 11.7 Å². The molecule has 3 aromatic heterocycles. The Morgan fingerprint density at radius 1 is 1.08 bits per heavy atom. The van der Waals surface area contributed by atoms with Crippen LogP contribution in [0.1, 0.15) is 22.8 Å². The summed E-state index contributed by atoms with van der Waals surface area (Å²) in [5.41, 5.74) is 2.51. The summed E-state index contributed by atoms with van der Waals surface area (Å²) in [6, 6.07) is 17.5. The van der Waals surface area contributed by atoms with Gasteiger partial charge >= 0.3 is 11.7 Å². The second-order valence-electron chi connectivity index (χ2n) is 8.16. The van der Waals surface area contributed by atoms with E-state index >= 15 is 0 Å². The number of anilines is 1. The van der Waals surface area contributed by atoms with Gasteiger partial charge < -0.3 is 14.6 Å². The Balaban J connectivity index is 1.42. The zero-order chi connectivity index (χ0) is 25.9. The zero-order valence-corrected chi connectivity index (χ0v) is 20.0. The third-order valence-electron chi connectivity index (χ3n) is 5.53. The lowest BCUT2D eigenvalue weighted by Crippen LogP contribution is -2.28. The molecule has 2 aromatic carbocycles. The number of carbonyl (C=O) groups is 2. The molecule has 0 radical (unpaired) electrons. The van der Waals surface area contributed by atoms with Crippen LogP contribution >= 0.6 is 0 Å². The molecule has 0 bridgehead atoms. The van der Waals surface area contributed by atoms with E-state index in [0.29, 0.717) is 11.4 Å². The molecule has 5 aromatic rings. The minimum Gasteiger partial charge on any atom is -0.462 e. The number of rotatable bonds is 7. The maximum atomic E-state index is 13.0. The molecule has 3 heterocycles. The summed E-state index contributed by atoms with van der Waals surface area (Å²) in [5, 5.41) is 11.1. The molecule has 11 nitrogen and oxygen atoms in total. The number of carbonyl (C=O) groups excluding carboxylic acids is 2. The Hall–Kier alpha value is -5.06. The van der Waals surface area contributed by atoms with Crippen molar-refractivity contribution < 1.29 is 18.8 Å². The maximum Gasteiger partial charge on any atom is 0.350 e. The summed E-state index contributed by atoms with van der Waals surface area (Å²) >= 11 is 0. The third-order valence-corrected chi connectivity index (χ3v) is 5.53. The summed E-state index contributed by atoms with van der Waals surface area (Å²) in [5.74, 6) is -0.505. The fourth-order valence-electron chi connectivity index (χ4n) is 3.85. The van der Waals surface area contributed by atoms with Gasteiger partial charge in [-0.05, 0) is 44.2 Å². The van der Waals surface area contributed by atoms with Crippen LogP contribution in [0.2, 0.25) is 0 Å². The number of hydrogen-bond acceptors (Lipinski definition) is 8. The first kappa shape index (κ1) is 23.7. The molecular weight excluding hydrogens is 476 g/mol. The summed E-state index contributed by atoms with van der Waals surface area (Å²) in [4.78, 5) is 42.4. The molecule has 0 aliphatic heterocycles. The molecule has 11 heteroatoms. The van der Waals surface area contributed by atoms with E-state index in [1.807, 2.05) is 31.2 Å². The van der Waals surface area contributed by atoms with Gasteiger partial charge in [0.25, 0.3) is 5.89 Å². The molecule has 1 amide bonds. The largest absolute Gasteiger partial charge is 0.462 e. The Morgan fingerprint density at radius 3 is 2.73 bits per heavy atom. The van der Waals surface area contributed by atoms with E-state index in [4.69, 9.17) is 9.26 Å². The van der Waals surface area contributed by atoms with Gasteiger partial charge in [-0.1, -0.05) is 41.1 Å². The summed E-state index contributed by atoms with van der Waals surface area (Å²) in [7, 11) is 0. The van der Waals surface area contributed by atoms with Crippen molar-refractivity contribution in [2.75, 3.05) is 11.9 Å². The minimum absolute atomic E-state index is 0.187. The van der Waals surface area contributed by atoms with Crippen LogP contribution in [0.25, 0.3) is 28.5 Å². The monoisotopic (exact) mass is 498 g/mol. The molecule has 0 saturated carbocycles. The van der Waals surface area contributed by atoms with Gasteiger partial charge in [-0.3, -0.25) is 4.79 Å². The smallest absolute Gasteiger partial charge is 0.350 e. The van der Waals surface area contributed by atoms with E-state index in [0.717, 1.165) is 15.8 Å². The van der Waals surface area contributed by atoms with Crippen LogP contribution in [0.3, 0.4) is 0 Å². The van der Waals surface area contributed by atoms with Gasteiger partial charge in [0.15, 0.2) is 5.65 Å². The van der Waals surface area contributed by atoms with Crippen LogP contribution < -0.4 is 11.0 Å². The van der Waals surface area contributed by atoms with Crippen LogP contribution in [0.15, 0.2) is 76.2 Å². The summed E-state index contributed by atoms with van der Waals surface area (Å²) in [6.45, 7) is 3.48. The van der Waals surface area contributed by atoms with E-state index < -0.39 is 17.6 Å². The highest BCUT2D eigenvalue weighted by molar-refractivity contribution is 6.01. The first-order chi connectivity index (χ1) is 17.9. The molecule has 0 unspecified atom stereocenters. The highest BCUT2D eigenvalue weighted by Crippen LogP contribution is 2.25. The molecule has 1 N–H and O–H groups in total. The van der Waals surface area contributed by atoms with Crippen molar-refractivity contribution in [1.29, 1.82) is 0 Å². The summed E-state index contributed by atoms with van der Waals surface area (Å²) < 4.78 is 12.8. The standard InChI is InChI=1S/C26H22N6O5/c1-3-36-25(34)18-10-4-5-12-20(18)27-21(33)15-32-26(35)31-13-7-11-19(23(31)29-32)24-28-22(30-37-24)17-9-6-8-16(2)14-17/h4-14H,3,15H2,1-2H3,(H,27,33). The lowest BCUT2D eigenvalue weighted by atomic mass is 10.1. The third kappa shape index (κ3) is 4.74. The molecule has 0 aliphatic carbocycles. The molecule has 0 saturated heterocycles. The van der Waals surface area contributed by atoms with Crippen molar-refractivity contribution in [2.45, 2.75) is 20.4 Å². The normalized spacial score (nSPS) is 11.0. The van der Waals surface area contributed by atoms with E-state index in [-0.39, 0.29) is 35.9 Å². The lowest BCUT2D eigenvalue weighted by Gasteiger charge is -2.10. The molecular formula is C26H22N6O5. The number of fused-ring (bicyclic) bond motifs is 1. The SMILES string of the molecule is CCOC(=O)c1ccccc1NC(=O)Cn1nc2c(-c3nc(-c4cccc(C)c4)no3)cccn2c1=O. The average Bonchev–Trinajstić information content (AvgIpc) is 3.50. The number of aromatic nitrogens is 5. The highest BCUT2D eigenvalue weighted by atomic mass is 16.5. The average molecular weight is 498 g/mol. The van der Waals surface area contributed by atoms with Gasteiger partial charge in [-0.25, -0.2) is 18.7 Å². The van der Waals surface area contributed by atoms with Crippen molar-refractivity contribution in [3.8, 4) is 22.8 Å². The number of ether oxygens (including phenoxy) is 1. The predicted molar refractivity (Wildman–Crippen MR) is 134 cm³/mol. The molecule has 37 heavy (non-hydrogen) atoms. The minimum atomic E-state index is -0.558. The number of nitrogens with one attached hydrogen (secondary N) is 1. The zero-order valence-electron chi connectivity index (χ0n) is 20.0. The van der Waals surface area contributed by atoms with Gasteiger partial charge in [0.05, 0.1) is 23.4 Å². The Kier molecular flexibility index (Phi) is 6.33. The topological polar surface area (TPSA) is 134 Å². The fourth-order valence-corrected chi connectivity index (χ4v) is 3.85. The molecule has 5 rings (SSSR count). The van der Waals surface area contributed by atoms with Crippen LogP contribution in [0.5, 0.6) is 0 Å². The molecule has 0 fully saturated rings. The lowest BCUT2D eigenvalue weighted by molar-refractivity contribution is -0.117. The van der Waals surface area contributed by atoms with Crippen molar-refractivity contribution in [1.82, 2.24) is 24.3 Å². The summed E-state index contributed by atoms with van der Waals surface area (Å²) in [6.07, 6.45) is 1.54. The first-order valence-corrected chi connectivity index (χ1v) is 11.5. The van der Waals surface area contributed by atoms with Crippen LogP contribution in [0.4, 0.5) is 5.69 Å². The van der Waals surface area contributed by atoms with Gasteiger partial charge in [0.1, 0.15) is 6.54 Å². The van der Waals surface area contributed by atoms with Crippen LogP contribution in [-0.4, -0.2) is 42.8 Å². The maximum absolute atomic E-state index is 13.0. The number of esters is 1. The Bertz CT molecular complexity index is 1680. The first-order valence-electron chi connectivity index (χ1n) is 11.5. The van der Waals surface area contributed by atoms with E-state index in [2.05, 4.69) is 20.6 Å². The Labute approximate surface area is 210 Å². The number of pyridine rings is 1. The van der Waals surface area contributed by atoms with E-state index in [1.54, 1.807) is 43.3 Å². The quantitative estimate of drug-likeness (QED) is 0.338. The predicted octanol–water partition coefficient (Wildman–Crippen LogP) is 3.34. The van der Waals surface area contributed by atoms with Crippen molar-refractivity contribution in [3.05, 3.63) is 88.5 Å². The van der Waals surface area contributed by atoms with Crippen molar-refractivity contribution in [2.24, 2.45) is 0 Å². The van der Waals surface area contributed by atoms with Gasteiger partial charge in [-0.15, -0.1) is 5.10 Å². The Morgan fingerprint density at radius 2 is 1.92 bits per heavy atom. The second-order valence-corrected chi connectivity index (χ2v) is 8.16. The number of benzene rings is 2. The fraction of sp³-hybridized carbons (Fsp3) is 0.154. The second kappa shape index (κ2) is 9.90. The number of aryl methyl sites for hydroxylation is 1. The van der Waals surface area contributed by atoms with Gasteiger partial charge in [0, 0.05) is 11.8 Å². The van der Waals surface area contributed by atoms with E-state index in [1.165, 1.54) is 10.6 Å². The number of nitrogens with zero attached hydrogens (tertiary/aromatic N) is 5. The number of amides is 1. The van der Waals surface area contributed by atoms with Crippen molar-refractivity contribution >= 4 is 23.2 Å². The van der Waals surface area contributed by atoms with Gasteiger partial charge in [-0.2, -0.15) is 4.98 Å². The molecule has 186 valence electrons. The number of para-hydroxylation sites is 1. The van der Waals surface area contributed by atoms with E-state index in [9.17, 15) is 14.4 Å². The molecule has 0 atom stereocenters. The van der Waals surface area contributed by atoms with Crippen molar-refractivity contribution in [3.63, 3.8) is 0 Å². The highest BCUT2D eigenvalue weighted by Gasteiger charge is 2.20. The molecule has 0 spiro atoms. The number of hydrogen-bond donors (Lipinski definition) is 1. The van der Waals surface area contributed by atoms with Crippen LogP contribution in [0, 0.1) is 6.92 Å².